The lowest BCUT2D eigenvalue weighted by Gasteiger charge is -2.33. The van der Waals surface area contributed by atoms with Gasteiger partial charge in [-0.05, 0) is 26.3 Å². The molecule has 0 saturated carbocycles. The van der Waals surface area contributed by atoms with Gasteiger partial charge in [0.1, 0.15) is 6.61 Å². The minimum atomic E-state index is -1.06. The topological polar surface area (TPSA) is 138 Å². The molecule has 0 N–H and O–H groups in total. The average Bonchev–Trinajstić information content (AvgIpc) is 2.73. The monoisotopic (exact) mass is 433 g/mol. The van der Waals surface area contributed by atoms with Gasteiger partial charge in [-0.2, -0.15) is 0 Å². The van der Waals surface area contributed by atoms with Gasteiger partial charge in [-0.3, -0.25) is 10.1 Å². The Morgan fingerprint density at radius 2 is 1.74 bits per heavy atom. The maximum Gasteiger partial charge on any atom is 0.336 e. The van der Waals surface area contributed by atoms with Crippen molar-refractivity contribution in [2.45, 2.75) is 26.7 Å². The van der Waals surface area contributed by atoms with E-state index >= 15 is 0 Å². The molecule has 1 aromatic rings. The van der Waals surface area contributed by atoms with Gasteiger partial charge >= 0.3 is 11.9 Å². The summed E-state index contributed by atoms with van der Waals surface area (Å²) in [6.07, 6.45) is 0. The van der Waals surface area contributed by atoms with E-state index < -0.39 is 22.8 Å². The van der Waals surface area contributed by atoms with Crippen LogP contribution in [0.1, 0.15) is 32.3 Å². The molecule has 0 fully saturated rings. The number of nitrogens with zero attached hydrogens (tertiary/aromatic N) is 3. The molecule has 1 aliphatic rings. The van der Waals surface area contributed by atoms with E-state index in [1.54, 1.807) is 13.0 Å². The summed E-state index contributed by atoms with van der Waals surface area (Å²) in [5.74, 6) is -2.65. The number of carbonyl (C=O) groups is 2. The fraction of sp³-hybridized carbons (Fsp3) is 0.400. The van der Waals surface area contributed by atoms with Crippen molar-refractivity contribution in [2.75, 3.05) is 26.9 Å². The fourth-order valence-corrected chi connectivity index (χ4v) is 3.35. The molecule has 2 rings (SSSR count). The van der Waals surface area contributed by atoms with Gasteiger partial charge in [-0.1, -0.05) is 12.1 Å². The van der Waals surface area contributed by atoms with Crippen LogP contribution < -0.4 is 0 Å². The highest BCUT2D eigenvalue weighted by atomic mass is 16.6. The number of nitroso groups, excluding NO2 is 1. The van der Waals surface area contributed by atoms with Crippen molar-refractivity contribution in [3.63, 3.8) is 0 Å². The number of nitro groups is 1. The highest BCUT2D eigenvalue weighted by Gasteiger charge is 2.41. The van der Waals surface area contributed by atoms with E-state index in [-0.39, 0.29) is 48.0 Å². The molecule has 166 valence electrons. The number of benzene rings is 1. The number of non-ortho nitro benzene ring substituents is 1. The zero-order valence-corrected chi connectivity index (χ0v) is 17.6. The number of rotatable bonds is 9. The van der Waals surface area contributed by atoms with E-state index in [4.69, 9.17) is 14.2 Å². The molecule has 0 bridgehead atoms. The van der Waals surface area contributed by atoms with Gasteiger partial charge in [0, 0.05) is 19.2 Å². The maximum atomic E-state index is 13.0. The predicted octanol–water partition coefficient (Wildman–Crippen LogP) is 2.98. The molecule has 0 spiro atoms. The molecule has 0 amide bonds. The van der Waals surface area contributed by atoms with Crippen molar-refractivity contribution in [2.24, 2.45) is 5.29 Å². The lowest BCUT2D eigenvalue weighted by molar-refractivity contribution is -0.384. The van der Waals surface area contributed by atoms with Crippen LogP contribution in [0.15, 0.2) is 52.1 Å². The quantitative estimate of drug-likeness (QED) is 0.189. The molecule has 1 unspecified atom stereocenters. The van der Waals surface area contributed by atoms with Gasteiger partial charge in [0.25, 0.3) is 5.69 Å². The third-order valence-electron chi connectivity index (χ3n) is 4.72. The summed E-state index contributed by atoms with van der Waals surface area (Å²) in [5, 5.41) is 15.1. The van der Waals surface area contributed by atoms with Gasteiger partial charge in [0.2, 0.25) is 0 Å². The molecule has 1 aliphatic heterocycles. The Labute approximate surface area is 178 Å². The van der Waals surface area contributed by atoms with Crippen molar-refractivity contribution in [3.05, 3.63) is 67.4 Å². The van der Waals surface area contributed by atoms with Crippen LogP contribution in [-0.2, 0) is 23.8 Å². The summed E-state index contributed by atoms with van der Waals surface area (Å²) in [7, 11) is 1.44. The third-order valence-corrected chi connectivity index (χ3v) is 4.72. The molecule has 31 heavy (non-hydrogen) atoms. The minimum absolute atomic E-state index is 0.0359. The largest absolute Gasteiger partial charge is 0.463 e. The van der Waals surface area contributed by atoms with E-state index in [1.165, 1.54) is 39.2 Å². The van der Waals surface area contributed by atoms with Gasteiger partial charge < -0.3 is 14.2 Å². The molecular formula is C20H23N3O8. The Kier molecular flexibility index (Phi) is 7.97. The Morgan fingerprint density at radius 1 is 1.13 bits per heavy atom. The van der Waals surface area contributed by atoms with Crippen molar-refractivity contribution < 1.29 is 28.7 Å². The molecule has 0 saturated heterocycles. The number of ether oxygens (including phenoxy) is 3. The number of hydrogen-bond donors (Lipinski definition) is 0. The van der Waals surface area contributed by atoms with E-state index in [2.05, 4.69) is 5.29 Å². The summed E-state index contributed by atoms with van der Waals surface area (Å²) in [6.45, 7) is 4.67. The second kappa shape index (κ2) is 10.4. The summed E-state index contributed by atoms with van der Waals surface area (Å²) in [5.41, 5.74) is 0.269. The van der Waals surface area contributed by atoms with E-state index in [1.807, 2.05) is 0 Å². The maximum absolute atomic E-state index is 13.0. The average molecular weight is 433 g/mol. The molecule has 1 aromatic carbocycles. The molecule has 11 heteroatoms. The number of esters is 2. The number of methoxy groups -OCH3 is 1. The Morgan fingerprint density at radius 3 is 2.26 bits per heavy atom. The molecule has 0 aromatic heterocycles. The predicted molar refractivity (Wildman–Crippen MR) is 108 cm³/mol. The number of nitro benzene ring substituents is 1. The lowest BCUT2D eigenvalue weighted by atomic mass is 9.80. The smallest absolute Gasteiger partial charge is 0.336 e. The number of hydrogen-bond acceptors (Lipinski definition) is 9. The van der Waals surface area contributed by atoms with Crippen LogP contribution in [0.25, 0.3) is 0 Å². The van der Waals surface area contributed by atoms with Crippen LogP contribution in [0.3, 0.4) is 0 Å². The molecule has 11 nitrogen and oxygen atoms in total. The number of carbonyl (C=O) groups excluding carboxylic acids is 2. The summed E-state index contributed by atoms with van der Waals surface area (Å²) >= 11 is 0. The van der Waals surface area contributed by atoms with Crippen LogP contribution >= 0.6 is 0 Å². The van der Waals surface area contributed by atoms with E-state index in [0.717, 1.165) is 5.01 Å². The van der Waals surface area contributed by atoms with Crippen molar-refractivity contribution in [1.82, 2.24) is 5.01 Å². The molecule has 1 atom stereocenters. The lowest BCUT2D eigenvalue weighted by Crippen LogP contribution is -2.33. The fourth-order valence-electron chi connectivity index (χ4n) is 3.35. The zero-order chi connectivity index (χ0) is 23.1. The zero-order valence-electron chi connectivity index (χ0n) is 17.6. The first kappa shape index (κ1) is 23.7. The number of allylic oxidation sites excluding steroid dienone is 2. The van der Waals surface area contributed by atoms with Gasteiger partial charge in [0.05, 0.1) is 51.9 Å². The second-order valence-electron chi connectivity index (χ2n) is 6.53. The Hall–Kier alpha value is -3.60. The van der Waals surface area contributed by atoms with Gasteiger partial charge in [-0.25, -0.2) is 14.6 Å². The van der Waals surface area contributed by atoms with Crippen LogP contribution in [0.5, 0.6) is 0 Å². The first-order valence-electron chi connectivity index (χ1n) is 9.40. The van der Waals surface area contributed by atoms with Crippen LogP contribution in [0.4, 0.5) is 5.69 Å². The Bertz CT molecular complexity index is 953. The normalized spacial score (nSPS) is 16.3. The van der Waals surface area contributed by atoms with Crippen molar-refractivity contribution >= 4 is 17.6 Å². The summed E-state index contributed by atoms with van der Waals surface area (Å²) in [6, 6.07) is 5.54. The van der Waals surface area contributed by atoms with Crippen LogP contribution in [0.2, 0.25) is 0 Å². The van der Waals surface area contributed by atoms with Gasteiger partial charge in [0.15, 0.2) is 0 Å². The molecular weight excluding hydrogens is 410 g/mol. The highest BCUT2D eigenvalue weighted by molar-refractivity contribution is 5.99. The molecule has 0 aliphatic carbocycles. The SMILES string of the molecule is CCOC(=O)C1=C(C)N(N=O)C(C)=C(C(=O)OCCOC)C1c1cccc([N+](=O)[O-])c1. The minimum Gasteiger partial charge on any atom is -0.463 e. The third kappa shape index (κ3) is 4.94. The second-order valence-corrected chi connectivity index (χ2v) is 6.53. The van der Waals surface area contributed by atoms with E-state index in [0.29, 0.717) is 5.56 Å². The van der Waals surface area contributed by atoms with Crippen molar-refractivity contribution in [1.29, 1.82) is 0 Å². The van der Waals surface area contributed by atoms with E-state index in [9.17, 15) is 24.6 Å². The summed E-state index contributed by atoms with van der Waals surface area (Å²) in [4.78, 5) is 48.0. The van der Waals surface area contributed by atoms with Gasteiger partial charge in [-0.15, -0.1) is 4.91 Å². The Balaban J connectivity index is 2.73. The first-order chi connectivity index (χ1) is 14.8. The van der Waals surface area contributed by atoms with Crippen molar-refractivity contribution in [3.8, 4) is 0 Å². The first-order valence-corrected chi connectivity index (χ1v) is 9.40. The van der Waals surface area contributed by atoms with Crippen LogP contribution in [-0.4, -0.2) is 48.8 Å². The molecule has 1 heterocycles. The summed E-state index contributed by atoms with van der Waals surface area (Å²) < 4.78 is 15.3. The highest BCUT2D eigenvalue weighted by Crippen LogP contribution is 2.43. The molecule has 0 radical (unpaired) electrons. The van der Waals surface area contributed by atoms with Crippen LogP contribution in [0, 0.1) is 15.0 Å². The standard InChI is InChI=1S/C20H23N3O8/c1-5-30-19(24)16-12(2)22(21-26)13(3)17(20(25)31-10-9-29-4)18(16)14-7-6-8-15(11-14)23(27)28/h6-8,11,18H,5,9-10H2,1-4H3.